The van der Waals surface area contributed by atoms with Crippen LogP contribution < -0.4 is 5.73 Å². The standard InChI is InChI=1S/C16H15ClFNO/c17-14-6-5-11(18)7-10(14)8-16(20)9-15(19)12-3-1-2-4-13(12)16/h1-7,15,20H,8-9,19H2. The van der Waals surface area contributed by atoms with E-state index in [1.165, 1.54) is 18.2 Å². The van der Waals surface area contributed by atoms with E-state index in [-0.39, 0.29) is 18.3 Å². The third-order valence-electron chi connectivity index (χ3n) is 3.91. The van der Waals surface area contributed by atoms with E-state index in [4.69, 9.17) is 17.3 Å². The average molecular weight is 292 g/mol. The number of benzene rings is 2. The minimum Gasteiger partial charge on any atom is -0.385 e. The van der Waals surface area contributed by atoms with Gasteiger partial charge in [0.25, 0.3) is 0 Å². The molecular weight excluding hydrogens is 277 g/mol. The van der Waals surface area contributed by atoms with Crippen LogP contribution in [-0.4, -0.2) is 5.11 Å². The summed E-state index contributed by atoms with van der Waals surface area (Å²) in [6.07, 6.45) is 0.674. The average Bonchev–Trinajstić information content (AvgIpc) is 2.67. The Morgan fingerprint density at radius 3 is 2.85 bits per heavy atom. The summed E-state index contributed by atoms with van der Waals surface area (Å²) in [6.45, 7) is 0. The van der Waals surface area contributed by atoms with Gasteiger partial charge in [-0.05, 0) is 41.3 Å². The molecule has 0 fully saturated rings. The van der Waals surface area contributed by atoms with Crippen molar-refractivity contribution in [3.8, 4) is 0 Å². The fourth-order valence-electron chi connectivity index (χ4n) is 2.99. The topological polar surface area (TPSA) is 46.2 Å². The Morgan fingerprint density at radius 2 is 2.05 bits per heavy atom. The van der Waals surface area contributed by atoms with Gasteiger partial charge in [0.15, 0.2) is 0 Å². The minimum atomic E-state index is -1.09. The molecule has 4 heteroatoms. The second-order valence-electron chi connectivity index (χ2n) is 5.34. The monoisotopic (exact) mass is 291 g/mol. The molecule has 104 valence electrons. The Bertz CT molecular complexity index is 661. The molecule has 20 heavy (non-hydrogen) atoms. The molecule has 1 aliphatic rings. The molecule has 3 N–H and O–H groups in total. The van der Waals surface area contributed by atoms with E-state index in [1.807, 2.05) is 24.3 Å². The summed E-state index contributed by atoms with van der Waals surface area (Å²) >= 11 is 6.09. The van der Waals surface area contributed by atoms with E-state index in [0.29, 0.717) is 17.0 Å². The van der Waals surface area contributed by atoms with Crippen LogP contribution in [0, 0.1) is 5.82 Å². The summed E-state index contributed by atoms with van der Waals surface area (Å²) in [5, 5.41) is 11.4. The SMILES string of the molecule is NC1CC(O)(Cc2cc(F)ccc2Cl)c2ccccc21. The zero-order valence-corrected chi connectivity index (χ0v) is 11.6. The summed E-state index contributed by atoms with van der Waals surface area (Å²) in [4.78, 5) is 0. The summed E-state index contributed by atoms with van der Waals surface area (Å²) in [5.74, 6) is -0.358. The van der Waals surface area contributed by atoms with Crippen LogP contribution in [0.4, 0.5) is 4.39 Å². The van der Waals surface area contributed by atoms with Gasteiger partial charge in [0.2, 0.25) is 0 Å². The van der Waals surface area contributed by atoms with Crippen molar-refractivity contribution in [2.45, 2.75) is 24.5 Å². The molecule has 0 heterocycles. The van der Waals surface area contributed by atoms with Gasteiger partial charge in [-0.15, -0.1) is 0 Å². The molecular formula is C16H15ClFNO. The Labute approximate surface area is 122 Å². The molecule has 2 aromatic rings. The summed E-state index contributed by atoms with van der Waals surface area (Å²) < 4.78 is 13.4. The number of fused-ring (bicyclic) bond motifs is 1. The van der Waals surface area contributed by atoms with Crippen molar-refractivity contribution in [2.75, 3.05) is 0 Å². The molecule has 0 bridgehead atoms. The van der Waals surface area contributed by atoms with E-state index in [9.17, 15) is 9.50 Å². The molecule has 0 aromatic heterocycles. The third kappa shape index (κ3) is 2.22. The van der Waals surface area contributed by atoms with Gasteiger partial charge < -0.3 is 10.8 Å². The van der Waals surface area contributed by atoms with Gasteiger partial charge in [0.05, 0.1) is 5.60 Å². The molecule has 2 aromatic carbocycles. The van der Waals surface area contributed by atoms with Crippen molar-refractivity contribution >= 4 is 11.6 Å². The van der Waals surface area contributed by atoms with Crippen LogP contribution in [0.15, 0.2) is 42.5 Å². The first-order valence-corrected chi connectivity index (χ1v) is 6.89. The zero-order valence-electron chi connectivity index (χ0n) is 10.8. The first-order chi connectivity index (χ1) is 9.49. The molecule has 2 unspecified atom stereocenters. The summed E-state index contributed by atoms with van der Waals surface area (Å²) in [6, 6.07) is 11.5. The number of rotatable bonds is 2. The van der Waals surface area contributed by atoms with Gasteiger partial charge in [-0.25, -0.2) is 4.39 Å². The van der Waals surface area contributed by atoms with Crippen molar-refractivity contribution in [2.24, 2.45) is 5.73 Å². The van der Waals surface area contributed by atoms with Crippen molar-refractivity contribution in [1.29, 1.82) is 0 Å². The van der Waals surface area contributed by atoms with Crippen LogP contribution in [0.25, 0.3) is 0 Å². The highest BCUT2D eigenvalue weighted by Crippen LogP contribution is 2.44. The van der Waals surface area contributed by atoms with E-state index in [0.717, 1.165) is 11.1 Å². The zero-order chi connectivity index (χ0) is 14.3. The fraction of sp³-hybridized carbons (Fsp3) is 0.250. The smallest absolute Gasteiger partial charge is 0.123 e. The Hall–Kier alpha value is -1.42. The van der Waals surface area contributed by atoms with Crippen molar-refractivity contribution in [1.82, 2.24) is 0 Å². The lowest BCUT2D eigenvalue weighted by molar-refractivity contribution is 0.0341. The number of hydrogen-bond donors (Lipinski definition) is 2. The highest BCUT2D eigenvalue weighted by molar-refractivity contribution is 6.31. The molecule has 0 spiro atoms. The maximum absolute atomic E-state index is 13.4. The van der Waals surface area contributed by atoms with Crippen LogP contribution >= 0.6 is 11.6 Å². The molecule has 2 nitrogen and oxygen atoms in total. The van der Waals surface area contributed by atoms with Gasteiger partial charge in [-0.2, -0.15) is 0 Å². The molecule has 0 saturated carbocycles. The van der Waals surface area contributed by atoms with Crippen LogP contribution in [-0.2, 0) is 12.0 Å². The first kappa shape index (κ1) is 13.6. The lowest BCUT2D eigenvalue weighted by Gasteiger charge is -2.25. The van der Waals surface area contributed by atoms with Crippen LogP contribution in [0.1, 0.15) is 29.2 Å². The third-order valence-corrected chi connectivity index (χ3v) is 4.28. The van der Waals surface area contributed by atoms with Gasteiger partial charge in [0.1, 0.15) is 5.82 Å². The molecule has 0 aliphatic heterocycles. The van der Waals surface area contributed by atoms with Gasteiger partial charge in [0, 0.05) is 17.5 Å². The highest BCUT2D eigenvalue weighted by Gasteiger charge is 2.41. The summed E-state index contributed by atoms with van der Waals surface area (Å²) in [5.41, 5.74) is 7.34. The fourth-order valence-corrected chi connectivity index (χ4v) is 3.17. The normalized spacial score (nSPS) is 24.7. The molecule has 1 aliphatic carbocycles. The number of nitrogens with two attached hydrogens (primary N) is 1. The maximum Gasteiger partial charge on any atom is 0.123 e. The Kier molecular flexibility index (Phi) is 3.28. The predicted molar refractivity (Wildman–Crippen MR) is 77.0 cm³/mol. The molecule has 0 amide bonds. The predicted octanol–water partition coefficient (Wildman–Crippen LogP) is 3.31. The second-order valence-corrected chi connectivity index (χ2v) is 5.75. The lowest BCUT2D eigenvalue weighted by Crippen LogP contribution is -2.26. The Morgan fingerprint density at radius 1 is 1.30 bits per heavy atom. The van der Waals surface area contributed by atoms with E-state index in [2.05, 4.69) is 0 Å². The van der Waals surface area contributed by atoms with Gasteiger partial charge in [-0.3, -0.25) is 0 Å². The van der Waals surface area contributed by atoms with E-state index in [1.54, 1.807) is 0 Å². The second kappa shape index (κ2) is 4.85. The Balaban J connectivity index is 2.01. The highest BCUT2D eigenvalue weighted by atomic mass is 35.5. The molecule has 2 atom stereocenters. The van der Waals surface area contributed by atoms with Crippen molar-refractivity contribution < 1.29 is 9.50 Å². The van der Waals surface area contributed by atoms with Gasteiger partial charge >= 0.3 is 0 Å². The van der Waals surface area contributed by atoms with E-state index >= 15 is 0 Å². The number of halogens is 2. The quantitative estimate of drug-likeness (QED) is 0.892. The molecule has 0 radical (unpaired) electrons. The van der Waals surface area contributed by atoms with Crippen LogP contribution in [0.2, 0.25) is 5.02 Å². The van der Waals surface area contributed by atoms with Gasteiger partial charge in [-0.1, -0.05) is 35.9 Å². The summed E-state index contributed by atoms with van der Waals surface area (Å²) in [7, 11) is 0. The van der Waals surface area contributed by atoms with Crippen LogP contribution in [0.3, 0.4) is 0 Å². The lowest BCUT2D eigenvalue weighted by atomic mass is 9.88. The van der Waals surface area contributed by atoms with Crippen molar-refractivity contribution in [3.05, 3.63) is 70.0 Å². The van der Waals surface area contributed by atoms with Crippen LogP contribution in [0.5, 0.6) is 0 Å². The van der Waals surface area contributed by atoms with Crippen molar-refractivity contribution in [3.63, 3.8) is 0 Å². The molecule has 3 rings (SSSR count). The van der Waals surface area contributed by atoms with E-state index < -0.39 is 5.60 Å². The molecule has 0 saturated heterocycles. The first-order valence-electron chi connectivity index (χ1n) is 6.51. The number of hydrogen-bond acceptors (Lipinski definition) is 2. The minimum absolute atomic E-state index is 0.205. The largest absolute Gasteiger partial charge is 0.385 e. The number of aliphatic hydroxyl groups is 1. The maximum atomic E-state index is 13.4.